The highest BCUT2D eigenvalue weighted by Gasteiger charge is 2.60. The van der Waals surface area contributed by atoms with Crippen LogP contribution in [0.15, 0.2) is 23.0 Å². The summed E-state index contributed by atoms with van der Waals surface area (Å²) in [5.41, 5.74) is 3.32. The van der Waals surface area contributed by atoms with Gasteiger partial charge >= 0.3 is 0 Å². The monoisotopic (exact) mass is 540 g/mol. The van der Waals surface area contributed by atoms with Crippen molar-refractivity contribution in [2.45, 2.75) is 64.0 Å². The van der Waals surface area contributed by atoms with Crippen LogP contribution < -0.4 is 10.5 Å². The smallest absolute Gasteiger partial charge is 0.255 e. The molecular weight excluding hydrogens is 504 g/mol. The van der Waals surface area contributed by atoms with Gasteiger partial charge in [-0.05, 0) is 56.6 Å². The minimum absolute atomic E-state index is 0.0365. The van der Waals surface area contributed by atoms with Gasteiger partial charge in [-0.1, -0.05) is 13.3 Å². The van der Waals surface area contributed by atoms with E-state index in [1.807, 2.05) is 7.05 Å². The Morgan fingerprint density at radius 1 is 1.21 bits per heavy atom. The van der Waals surface area contributed by atoms with Crippen LogP contribution in [0.1, 0.15) is 62.1 Å². The number of nitrogens with zero attached hydrogens (tertiary/aromatic N) is 1. The molecule has 210 valence electrons. The van der Waals surface area contributed by atoms with E-state index in [9.17, 15) is 34.8 Å². The van der Waals surface area contributed by atoms with E-state index >= 15 is 0 Å². The Morgan fingerprint density at radius 3 is 2.46 bits per heavy atom. The Bertz CT molecular complexity index is 1340. The number of benzene rings is 1. The molecule has 0 aliphatic heterocycles. The fraction of sp³-hybridized carbons (Fsp3) is 0.552. The minimum Gasteiger partial charge on any atom is -0.508 e. The third-order valence-corrected chi connectivity index (χ3v) is 9.50. The molecule has 0 bridgehead atoms. The van der Waals surface area contributed by atoms with Crippen LogP contribution in [-0.4, -0.2) is 69.1 Å². The molecule has 39 heavy (non-hydrogen) atoms. The number of nitrogens with two attached hydrogens (primary N) is 1. The zero-order valence-electron chi connectivity index (χ0n) is 22.5. The Morgan fingerprint density at radius 2 is 1.90 bits per heavy atom. The highest BCUT2D eigenvalue weighted by atomic mass is 16.5. The van der Waals surface area contributed by atoms with Gasteiger partial charge in [0.25, 0.3) is 5.91 Å². The van der Waals surface area contributed by atoms with Crippen molar-refractivity contribution in [2.75, 3.05) is 20.7 Å². The topological polar surface area (TPSA) is 171 Å². The lowest BCUT2D eigenvalue weighted by Gasteiger charge is -2.46. The molecular formula is C29H36N2O8. The van der Waals surface area contributed by atoms with Crippen molar-refractivity contribution in [1.29, 1.82) is 0 Å². The maximum absolute atomic E-state index is 13.6. The number of aliphatic hydroxyl groups is 3. The summed E-state index contributed by atoms with van der Waals surface area (Å²) in [5, 5.41) is 44.4. The van der Waals surface area contributed by atoms with Crippen molar-refractivity contribution in [1.82, 2.24) is 4.90 Å². The van der Waals surface area contributed by atoms with E-state index < -0.39 is 52.0 Å². The van der Waals surface area contributed by atoms with Crippen molar-refractivity contribution in [3.8, 4) is 11.5 Å². The van der Waals surface area contributed by atoms with E-state index in [-0.39, 0.29) is 36.1 Å². The van der Waals surface area contributed by atoms with Gasteiger partial charge in [0, 0.05) is 42.1 Å². The second-order valence-electron chi connectivity index (χ2n) is 11.7. The molecule has 0 heterocycles. The van der Waals surface area contributed by atoms with Gasteiger partial charge in [0.15, 0.2) is 11.4 Å². The Hall–Kier alpha value is -3.37. The summed E-state index contributed by atoms with van der Waals surface area (Å²) in [4.78, 5) is 40.2. The highest BCUT2D eigenvalue weighted by Crippen LogP contribution is 2.53. The SMILES string of the molecule is CCC1(CN(C)Cc2cc(O)c3c(c2OC)CC2C[C@H]4CC(=O)C(C(N)=O)=C(O)[C@@]4(O)C(=O)C2=C3O)CCC1. The maximum Gasteiger partial charge on any atom is 0.255 e. The van der Waals surface area contributed by atoms with Crippen molar-refractivity contribution < 1.29 is 39.5 Å². The normalized spacial score (nSPS) is 27.6. The van der Waals surface area contributed by atoms with Crippen molar-refractivity contribution in [2.24, 2.45) is 23.0 Å². The van der Waals surface area contributed by atoms with Gasteiger partial charge in [0.2, 0.25) is 5.78 Å². The standard InChI is InChI=1S/C29H36N2O8/c1-4-28(6-5-7-28)13-31(2)12-15-10-18(32)21-17(24(15)39-3)9-14-8-16-11-19(33)22(27(30)37)26(36)29(16,38)25(35)20(14)23(21)34/h10,14,16,32,34,36,38H,4-9,11-13H2,1-3H3,(H2,30,37)/t14?,16-,29-/m0/s1. The number of Topliss-reactive ketones (excluding diaryl/α,β-unsaturated/α-hetero) is 2. The zero-order valence-corrected chi connectivity index (χ0v) is 22.5. The van der Waals surface area contributed by atoms with Crippen LogP contribution in [0.25, 0.3) is 5.76 Å². The van der Waals surface area contributed by atoms with E-state index in [0.717, 1.165) is 18.5 Å². The fourth-order valence-corrected chi connectivity index (χ4v) is 7.32. The van der Waals surface area contributed by atoms with Crippen molar-refractivity contribution in [3.05, 3.63) is 39.7 Å². The molecule has 6 N–H and O–H groups in total. The molecule has 0 radical (unpaired) electrons. The average Bonchev–Trinajstić information content (AvgIpc) is 2.83. The molecule has 1 aromatic rings. The number of amides is 1. The number of rotatable bonds is 7. The number of carbonyl (C=O) groups excluding carboxylic acids is 3. The van der Waals surface area contributed by atoms with E-state index in [1.165, 1.54) is 32.4 Å². The van der Waals surface area contributed by atoms with Gasteiger partial charge in [-0.25, -0.2) is 0 Å². The summed E-state index contributed by atoms with van der Waals surface area (Å²) in [7, 11) is 3.55. The molecule has 2 saturated carbocycles. The van der Waals surface area contributed by atoms with E-state index in [1.54, 1.807) is 0 Å². The first-order valence-electron chi connectivity index (χ1n) is 13.5. The van der Waals surface area contributed by atoms with Crippen molar-refractivity contribution >= 4 is 23.2 Å². The lowest BCUT2D eigenvalue weighted by molar-refractivity contribution is -0.147. The molecule has 1 unspecified atom stereocenters. The van der Waals surface area contributed by atoms with Gasteiger partial charge in [0.05, 0.1) is 12.7 Å². The summed E-state index contributed by atoms with van der Waals surface area (Å²) in [6, 6.07) is 1.53. The summed E-state index contributed by atoms with van der Waals surface area (Å²) >= 11 is 0. The molecule has 4 aliphatic carbocycles. The fourth-order valence-electron chi connectivity index (χ4n) is 7.32. The molecule has 4 aliphatic rings. The van der Waals surface area contributed by atoms with Gasteiger partial charge in [0.1, 0.15) is 28.6 Å². The zero-order chi connectivity index (χ0) is 28.4. The largest absolute Gasteiger partial charge is 0.508 e. The number of carbonyl (C=O) groups is 3. The summed E-state index contributed by atoms with van der Waals surface area (Å²) in [5.74, 6) is -5.93. The Labute approximate surface area is 226 Å². The number of ketones is 2. The maximum atomic E-state index is 13.6. The first-order valence-corrected chi connectivity index (χ1v) is 13.5. The number of ether oxygens (including phenoxy) is 1. The Kier molecular flexibility index (Phi) is 6.54. The number of fused-ring (bicyclic) bond motifs is 3. The third-order valence-electron chi connectivity index (χ3n) is 9.50. The van der Waals surface area contributed by atoms with Gasteiger partial charge in [-0.2, -0.15) is 0 Å². The molecule has 2 fully saturated rings. The predicted molar refractivity (Wildman–Crippen MR) is 141 cm³/mol. The number of aromatic hydroxyl groups is 1. The van der Waals surface area contributed by atoms with Crippen LogP contribution in [0.3, 0.4) is 0 Å². The number of methoxy groups -OCH3 is 1. The molecule has 10 nitrogen and oxygen atoms in total. The van der Waals surface area contributed by atoms with Crippen LogP contribution >= 0.6 is 0 Å². The van der Waals surface area contributed by atoms with Gasteiger partial charge in [-0.15, -0.1) is 0 Å². The number of phenols is 1. The average molecular weight is 541 g/mol. The third kappa shape index (κ3) is 3.95. The lowest BCUT2D eigenvalue weighted by Crippen LogP contribution is -2.58. The summed E-state index contributed by atoms with van der Waals surface area (Å²) < 4.78 is 5.79. The molecule has 1 amide bonds. The van der Waals surface area contributed by atoms with Crippen LogP contribution in [0.4, 0.5) is 0 Å². The number of hydrogen-bond acceptors (Lipinski definition) is 9. The molecule has 0 spiro atoms. The Balaban J connectivity index is 1.56. The van der Waals surface area contributed by atoms with E-state index in [2.05, 4.69) is 11.8 Å². The molecule has 10 heteroatoms. The molecule has 0 saturated heterocycles. The van der Waals surface area contributed by atoms with E-state index in [4.69, 9.17) is 10.5 Å². The molecule has 0 aromatic heterocycles. The minimum atomic E-state index is -2.57. The highest BCUT2D eigenvalue weighted by molar-refractivity contribution is 6.22. The van der Waals surface area contributed by atoms with Crippen LogP contribution in [0.2, 0.25) is 0 Å². The van der Waals surface area contributed by atoms with Crippen LogP contribution in [-0.2, 0) is 27.3 Å². The summed E-state index contributed by atoms with van der Waals surface area (Å²) in [6.45, 7) is 3.63. The predicted octanol–water partition coefficient (Wildman–Crippen LogP) is 2.44. The van der Waals surface area contributed by atoms with Crippen LogP contribution in [0.5, 0.6) is 11.5 Å². The quantitative estimate of drug-likeness (QED) is 0.326. The van der Waals surface area contributed by atoms with Crippen molar-refractivity contribution in [3.63, 3.8) is 0 Å². The number of aliphatic hydroxyl groups excluding tert-OH is 2. The number of phenolic OH excluding ortho intramolecular Hbond substituents is 1. The number of primary amides is 1. The van der Waals surface area contributed by atoms with E-state index in [0.29, 0.717) is 23.3 Å². The molecule has 1 aromatic carbocycles. The van der Waals surface area contributed by atoms with Gasteiger partial charge in [-0.3, -0.25) is 14.4 Å². The van der Waals surface area contributed by atoms with Gasteiger partial charge < -0.3 is 35.8 Å². The molecule has 3 atom stereocenters. The first kappa shape index (κ1) is 27.2. The van der Waals surface area contributed by atoms with Crippen LogP contribution in [0, 0.1) is 17.3 Å². The second-order valence-corrected chi connectivity index (χ2v) is 11.7. The number of hydrogen-bond donors (Lipinski definition) is 5. The molecule has 5 rings (SSSR count). The first-order chi connectivity index (χ1) is 18.4. The second kappa shape index (κ2) is 9.38. The lowest BCUT2D eigenvalue weighted by atomic mass is 9.59. The summed E-state index contributed by atoms with van der Waals surface area (Å²) in [6.07, 6.45) is 4.66.